The van der Waals surface area contributed by atoms with Crippen molar-refractivity contribution >= 4 is 45.5 Å². The van der Waals surface area contributed by atoms with Crippen molar-refractivity contribution in [3.05, 3.63) is 32.6 Å². The van der Waals surface area contributed by atoms with Crippen LogP contribution in [0.15, 0.2) is 15.8 Å². The largest absolute Gasteiger partial charge is 0.480 e. The molecule has 1 fully saturated rings. The molecule has 0 spiro atoms. The Morgan fingerprint density at radius 2 is 1.93 bits per heavy atom. The van der Waals surface area contributed by atoms with Gasteiger partial charge in [-0.2, -0.15) is 4.31 Å². The Hall–Kier alpha value is -1.35. The van der Waals surface area contributed by atoms with E-state index in [4.69, 9.17) is 14.5 Å². The summed E-state index contributed by atoms with van der Waals surface area (Å²) in [4.78, 5) is 63.3. The van der Waals surface area contributed by atoms with Gasteiger partial charge in [-0.25, -0.2) is 18.3 Å². The van der Waals surface area contributed by atoms with Gasteiger partial charge in [-0.3, -0.25) is 23.7 Å². The van der Waals surface area contributed by atoms with Crippen LogP contribution in [0.3, 0.4) is 0 Å². The lowest BCUT2D eigenvalue weighted by Gasteiger charge is -2.39. The maximum Gasteiger partial charge on any atom is 0.480 e. The lowest BCUT2D eigenvalue weighted by molar-refractivity contribution is -0.219. The molecular formula is C10H16B3FN2O12P2. The van der Waals surface area contributed by atoms with Crippen LogP contribution in [0, 0.1) is 0 Å². The fourth-order valence-electron chi connectivity index (χ4n) is 2.86. The highest BCUT2D eigenvalue weighted by atomic mass is 31.3. The van der Waals surface area contributed by atoms with E-state index in [2.05, 4.69) is 8.83 Å². The summed E-state index contributed by atoms with van der Waals surface area (Å²) in [5, 5.41) is 7.93. The molecule has 164 valence electrons. The molecule has 1 saturated heterocycles. The van der Waals surface area contributed by atoms with E-state index in [-0.39, 0.29) is 6.29 Å². The number of aliphatic hydroxyl groups excluding tert-OH is 1. The lowest BCUT2D eigenvalue weighted by atomic mass is 9.60. The van der Waals surface area contributed by atoms with Crippen LogP contribution in [-0.4, -0.2) is 76.5 Å². The molecule has 4 atom stereocenters. The fourth-order valence-corrected chi connectivity index (χ4v) is 4.78. The Morgan fingerprint density at radius 1 is 1.37 bits per heavy atom. The molecule has 0 aliphatic carbocycles. The van der Waals surface area contributed by atoms with Crippen molar-refractivity contribution in [3.63, 3.8) is 0 Å². The number of halogens is 1. The second kappa shape index (κ2) is 7.66. The molecule has 5 N–H and O–H groups in total. The van der Waals surface area contributed by atoms with Crippen LogP contribution in [0.1, 0.15) is 16.8 Å². The van der Waals surface area contributed by atoms with Crippen molar-refractivity contribution in [2.75, 3.05) is 0 Å². The number of hydrogen-bond donors (Lipinski definition) is 5. The van der Waals surface area contributed by atoms with Gasteiger partial charge >= 0.3 is 21.3 Å². The van der Waals surface area contributed by atoms with Gasteiger partial charge in [-0.05, 0) is 0 Å². The Labute approximate surface area is 169 Å². The summed E-state index contributed by atoms with van der Waals surface area (Å²) in [6.45, 7) is 0. The van der Waals surface area contributed by atoms with Gasteiger partial charge in [0.1, 0.15) is 21.3 Å². The van der Waals surface area contributed by atoms with E-state index in [0.717, 1.165) is 29.7 Å². The van der Waals surface area contributed by atoms with Crippen LogP contribution in [0.2, 0.25) is 0 Å². The highest BCUT2D eigenvalue weighted by Crippen LogP contribution is 2.61. The first-order chi connectivity index (χ1) is 13.4. The number of H-pyrrole nitrogens is 1. The maximum absolute atomic E-state index is 15.6. The van der Waals surface area contributed by atoms with Crippen LogP contribution < -0.4 is 11.2 Å². The van der Waals surface area contributed by atoms with Gasteiger partial charge < -0.3 is 24.5 Å². The molecule has 0 saturated carbocycles. The minimum Gasteiger partial charge on any atom is -0.389 e. The van der Waals surface area contributed by atoms with Crippen molar-refractivity contribution in [2.45, 2.75) is 29.4 Å². The number of hydrogen-bond acceptors (Lipinski definition) is 9. The van der Waals surface area contributed by atoms with E-state index >= 15 is 4.39 Å². The number of alkyl halides is 1. The number of nitrogens with one attached hydrogen (secondary N) is 1. The number of nitrogens with zero attached hydrogens (tertiary/aromatic N) is 1. The van der Waals surface area contributed by atoms with Gasteiger partial charge in [-0.1, -0.05) is 0 Å². The molecule has 14 nitrogen and oxygen atoms in total. The normalized spacial score (nSPS) is 29.4. The minimum absolute atomic E-state index is 0.108. The van der Waals surface area contributed by atoms with Gasteiger partial charge in [0.15, 0.2) is 14.1 Å². The first-order valence-corrected chi connectivity index (χ1v) is 11.1. The highest BCUT2D eigenvalue weighted by molar-refractivity contribution is 7.60. The van der Waals surface area contributed by atoms with Gasteiger partial charge in [0.25, 0.3) is 5.56 Å². The third kappa shape index (κ3) is 4.77. The number of phosphoric acid groups is 2. The average Bonchev–Trinajstić information content (AvgIpc) is 2.75. The maximum atomic E-state index is 15.6. The number of carbonyl (C=O) groups is 1. The van der Waals surface area contributed by atoms with Crippen molar-refractivity contribution in [1.29, 1.82) is 0 Å². The zero-order valence-electron chi connectivity index (χ0n) is 15.7. The number of ether oxygens (including phenoxy) is 1. The molecule has 20 heteroatoms. The molecular weight excluding hydrogens is 453 g/mol. The Kier molecular flexibility index (Phi) is 6.36. The number of phosphoric ester groups is 1. The number of aromatic nitrogens is 2. The molecule has 1 aliphatic heterocycles. The van der Waals surface area contributed by atoms with Crippen molar-refractivity contribution < 1.29 is 51.7 Å². The molecule has 2 heterocycles. The molecule has 1 aromatic heterocycles. The van der Waals surface area contributed by atoms with Gasteiger partial charge in [0.05, 0.1) is 17.1 Å². The second-order valence-corrected chi connectivity index (χ2v) is 9.83. The smallest absolute Gasteiger partial charge is 0.389 e. The van der Waals surface area contributed by atoms with Crippen LogP contribution >= 0.6 is 15.6 Å². The van der Waals surface area contributed by atoms with Gasteiger partial charge in [-0.15, -0.1) is 0 Å². The molecule has 30 heavy (non-hydrogen) atoms. The number of aldehydes is 1. The topological polar surface area (TPSA) is 215 Å². The number of aliphatic hydroxyl groups is 1. The molecule has 0 radical (unpaired) electrons. The first-order valence-electron chi connectivity index (χ1n) is 8.05. The quantitative estimate of drug-likeness (QED) is 0.144. The van der Waals surface area contributed by atoms with E-state index in [0.29, 0.717) is 4.57 Å². The summed E-state index contributed by atoms with van der Waals surface area (Å²) < 4.78 is 52.2. The SMILES string of the molecule is BC(B)(OP(=O)(O)OP(=O)(O)O)[C@]1(F)C[C@@H](O)[C@](B)(n2cc(C=O)c(=O)[nH]c2=O)O1. The van der Waals surface area contributed by atoms with Gasteiger partial charge in [0, 0.05) is 12.6 Å². The standard InChI is InChI=1S/C10H16B3FN2O12P2/c11-9(16-2-4(3-17)6(19)15-7(16)20)5(18)1-8(14,26-9)10(12,13)27-30(24,25)28-29(21,22)23/h2-3,5,18H,1,11-13H2,(H,24,25)(H,15,19,20)(H2,21,22,23)/t5-,8+,9+/m1/s1. The second-order valence-electron chi connectivity index (χ2n) is 7.08. The summed E-state index contributed by atoms with van der Waals surface area (Å²) in [5.74, 6) is -3.12. The molecule has 1 aliphatic rings. The number of aromatic amines is 1. The van der Waals surface area contributed by atoms with Crippen LogP contribution in [0.5, 0.6) is 0 Å². The molecule has 0 amide bonds. The number of rotatable bonds is 7. The van der Waals surface area contributed by atoms with E-state index in [9.17, 15) is 33.5 Å². The molecule has 0 bridgehead atoms. The minimum atomic E-state index is -5.52. The summed E-state index contributed by atoms with van der Waals surface area (Å²) in [5.41, 5.74) is -4.95. The average molecular weight is 470 g/mol. The van der Waals surface area contributed by atoms with E-state index < -0.39 is 61.9 Å². The lowest BCUT2D eigenvalue weighted by Crippen LogP contribution is -2.56. The van der Waals surface area contributed by atoms with Crippen LogP contribution in [0.25, 0.3) is 0 Å². The molecule has 2 rings (SSSR count). The first kappa shape index (κ1) is 24.9. The fraction of sp³-hybridized carbons (Fsp3) is 0.500. The third-order valence-corrected chi connectivity index (χ3v) is 6.83. The van der Waals surface area contributed by atoms with E-state index in [1.54, 1.807) is 4.98 Å². The van der Waals surface area contributed by atoms with Crippen LogP contribution in [-0.2, 0) is 28.3 Å². The molecule has 1 aromatic rings. The summed E-state index contributed by atoms with van der Waals surface area (Å²) >= 11 is 0. The van der Waals surface area contributed by atoms with E-state index in [1.807, 2.05) is 0 Å². The summed E-state index contributed by atoms with van der Waals surface area (Å²) in [6, 6.07) is 0. The zero-order valence-corrected chi connectivity index (χ0v) is 17.5. The predicted octanol–water partition coefficient (Wildman–Crippen LogP) is -4.81. The zero-order chi connectivity index (χ0) is 23.3. The van der Waals surface area contributed by atoms with Crippen molar-refractivity contribution in [2.24, 2.45) is 0 Å². The Morgan fingerprint density at radius 3 is 2.43 bits per heavy atom. The van der Waals surface area contributed by atoms with E-state index in [1.165, 1.54) is 0 Å². The van der Waals surface area contributed by atoms with Crippen molar-refractivity contribution in [3.8, 4) is 0 Å². The molecule has 0 aromatic carbocycles. The Balaban J connectivity index is 2.46. The van der Waals surface area contributed by atoms with Crippen LogP contribution in [0.4, 0.5) is 4.39 Å². The molecule has 1 unspecified atom stereocenters. The van der Waals surface area contributed by atoms with Gasteiger partial charge in [0.2, 0.25) is 5.85 Å². The summed E-state index contributed by atoms with van der Waals surface area (Å²) in [7, 11) is -8.25. The monoisotopic (exact) mass is 470 g/mol. The summed E-state index contributed by atoms with van der Waals surface area (Å²) in [6.07, 6.45) is -1.93. The Bertz CT molecular complexity index is 1070. The third-order valence-electron chi connectivity index (χ3n) is 4.47. The van der Waals surface area contributed by atoms with Crippen molar-refractivity contribution in [1.82, 2.24) is 9.55 Å². The highest BCUT2D eigenvalue weighted by Gasteiger charge is 2.63. The number of carbonyl (C=O) groups excluding carboxylic acids is 1. The predicted molar refractivity (Wildman–Crippen MR) is 103 cm³/mol.